The monoisotopic (exact) mass is 1090 g/mol. The standard InChI is InChI=1S/C53H86O23/c1-22-31(58)35(62)38(65)42(69-22)75-41-37(64)33(60)24(19-55)71-45(41)72-25-20-68-44(40(34(25)61)74-43-39(66)36(63)32(59)23(18-54)70-43)73-30-10-11-49(5)26(47(30,2)3)8-12-50(6)27(49)9-13-53-28-16-48(4,21-56)14-15-52(28,46(67)76-53)29(57)17-51(50,53)7/h21-46,54-55,57-67H,8-20H2,1-7H3/t22-,23+,24+,25-,26+,27+,28-,29+,30-,31-,32+,33+,34-,35+,36-,37-,38+,39+,40+,41+,42-,43-,44-,45-,46-,48-,49-,50+,51-,52+,53-/m0/s1. The maximum absolute atomic E-state index is 12.6. The van der Waals surface area contributed by atoms with Gasteiger partial charge < -0.3 is 114 Å². The molecule has 0 aromatic carbocycles. The molecule has 0 radical (unpaired) electrons. The summed E-state index contributed by atoms with van der Waals surface area (Å²) in [6, 6.07) is 0. The van der Waals surface area contributed by atoms with Gasteiger partial charge in [-0.05, 0) is 99.2 Å². The Hall–Kier alpha value is -1.21. The second-order valence-electron chi connectivity index (χ2n) is 26.3. The number of fused-ring (bicyclic) bond motifs is 4. The molecule has 2 bridgehead atoms. The summed E-state index contributed by atoms with van der Waals surface area (Å²) in [6.07, 6.45) is -26.4. The number of hydrogen-bond donors (Lipinski definition) is 13. The van der Waals surface area contributed by atoms with Gasteiger partial charge in [0, 0.05) is 16.7 Å². The largest absolute Gasteiger partial charge is 0.394 e. The summed E-state index contributed by atoms with van der Waals surface area (Å²) in [6.45, 7) is 12.6. The third-order valence-electron chi connectivity index (χ3n) is 22.4. The molecule has 0 aromatic rings. The maximum atomic E-state index is 12.6. The molecule has 5 aliphatic heterocycles. The quantitative estimate of drug-likeness (QED) is 0.0772. The fourth-order valence-corrected chi connectivity index (χ4v) is 17.7. The van der Waals surface area contributed by atoms with Gasteiger partial charge in [-0.15, -0.1) is 0 Å². The van der Waals surface area contributed by atoms with E-state index in [4.69, 9.17) is 42.6 Å². The molecule has 10 rings (SSSR count). The summed E-state index contributed by atoms with van der Waals surface area (Å²) in [5.41, 5.74) is -3.89. The summed E-state index contributed by atoms with van der Waals surface area (Å²) >= 11 is 0. The van der Waals surface area contributed by atoms with Crippen molar-refractivity contribution < 1.29 is 114 Å². The number of hydrogen-bond acceptors (Lipinski definition) is 23. The number of carbonyl (C=O) groups excluding carboxylic acids is 1. The Morgan fingerprint density at radius 2 is 1.14 bits per heavy atom. The summed E-state index contributed by atoms with van der Waals surface area (Å²) in [5, 5.41) is 143. The lowest BCUT2D eigenvalue weighted by molar-refractivity contribution is -0.394. The van der Waals surface area contributed by atoms with Crippen LogP contribution >= 0.6 is 0 Å². The van der Waals surface area contributed by atoms with Crippen molar-refractivity contribution in [2.75, 3.05) is 19.8 Å². The topological polar surface area (TPSA) is 363 Å². The van der Waals surface area contributed by atoms with Gasteiger partial charge >= 0.3 is 0 Å². The molecule has 10 aliphatic rings. The lowest BCUT2D eigenvalue weighted by atomic mass is 9.30. The lowest BCUT2D eigenvalue weighted by Crippen LogP contribution is -2.74. The fraction of sp³-hybridized carbons (Fsp3) is 0.981. The molecule has 436 valence electrons. The van der Waals surface area contributed by atoms with Crippen molar-refractivity contribution in [3.8, 4) is 0 Å². The molecule has 23 heteroatoms. The van der Waals surface area contributed by atoms with Crippen molar-refractivity contribution in [2.45, 2.75) is 253 Å². The molecule has 5 saturated heterocycles. The number of rotatable bonds is 11. The SMILES string of the molecule is C[C@@H]1O[C@@H](O[C@H]2[C@H](O[C@H]3CO[C@@H](O[C@H]4CC[C@@]5(C)[C@H](CC[C@]6(C)[C@@H]5CC[C@]57O[C@H](O)[C@@]8(CC[C@](C)(C=O)C[C@@H]85)[C@H](O)C[C@]76C)C4(C)C)[C@H](O[C@@H]4O[C@H](CO)[C@@H](O)[C@H](O)[C@H]4O)[C@H]3O)O[C@H](CO)[C@@H](O)[C@@H]2O)[C@H](O)[C@H](O)[C@H]1O. The summed E-state index contributed by atoms with van der Waals surface area (Å²) in [4.78, 5) is 12.6. The number of carbonyl (C=O) groups is 1. The first-order valence-electron chi connectivity index (χ1n) is 27.7. The molecule has 5 heterocycles. The van der Waals surface area contributed by atoms with Crippen LogP contribution < -0.4 is 0 Å². The van der Waals surface area contributed by atoms with E-state index in [0.717, 1.165) is 25.5 Å². The van der Waals surface area contributed by atoms with Gasteiger partial charge in [0.15, 0.2) is 31.5 Å². The molecule has 5 saturated carbocycles. The van der Waals surface area contributed by atoms with Crippen LogP contribution in [0.1, 0.15) is 113 Å². The Morgan fingerprint density at radius 3 is 1.79 bits per heavy atom. The predicted molar refractivity (Wildman–Crippen MR) is 256 cm³/mol. The normalized spacial score (nSPS) is 58.9. The number of aldehydes is 1. The van der Waals surface area contributed by atoms with Gasteiger partial charge in [0.25, 0.3) is 0 Å². The van der Waals surface area contributed by atoms with Gasteiger partial charge in [-0.25, -0.2) is 0 Å². The molecule has 23 nitrogen and oxygen atoms in total. The highest BCUT2D eigenvalue weighted by molar-refractivity contribution is 5.59. The first-order valence-corrected chi connectivity index (χ1v) is 27.7. The maximum Gasteiger partial charge on any atom is 0.187 e. The van der Waals surface area contributed by atoms with Crippen molar-refractivity contribution in [1.82, 2.24) is 0 Å². The number of aliphatic hydroxyl groups is 13. The highest BCUT2D eigenvalue weighted by Gasteiger charge is 2.82. The number of ether oxygens (including phenoxy) is 9. The highest BCUT2D eigenvalue weighted by Crippen LogP contribution is 2.81. The molecule has 1 spiro atoms. The Labute approximate surface area is 442 Å². The molecule has 31 atom stereocenters. The zero-order chi connectivity index (χ0) is 55.2. The van der Waals surface area contributed by atoms with Crippen LogP contribution in [0.15, 0.2) is 0 Å². The number of aliphatic hydroxyl groups excluding tert-OH is 13. The third-order valence-corrected chi connectivity index (χ3v) is 22.4. The molecule has 13 N–H and O–H groups in total. The molecular formula is C53H86O23. The van der Waals surface area contributed by atoms with Crippen LogP contribution in [0.2, 0.25) is 0 Å². The molecular weight excluding hydrogens is 1000 g/mol. The van der Waals surface area contributed by atoms with Crippen molar-refractivity contribution in [3.05, 3.63) is 0 Å². The van der Waals surface area contributed by atoms with Gasteiger partial charge in [-0.2, -0.15) is 0 Å². The van der Waals surface area contributed by atoms with Crippen LogP contribution in [-0.4, -0.2) is 233 Å². The van der Waals surface area contributed by atoms with E-state index in [-0.39, 0.29) is 28.6 Å². The van der Waals surface area contributed by atoms with Gasteiger partial charge in [0.1, 0.15) is 91.7 Å². The van der Waals surface area contributed by atoms with E-state index in [9.17, 15) is 71.2 Å². The van der Waals surface area contributed by atoms with Crippen LogP contribution in [0.5, 0.6) is 0 Å². The molecule has 0 aromatic heterocycles. The Morgan fingerprint density at radius 1 is 0.553 bits per heavy atom. The van der Waals surface area contributed by atoms with Gasteiger partial charge in [0.2, 0.25) is 0 Å². The molecule has 0 unspecified atom stereocenters. The molecule has 5 aliphatic carbocycles. The van der Waals surface area contributed by atoms with Crippen LogP contribution in [0.3, 0.4) is 0 Å². The minimum Gasteiger partial charge on any atom is -0.394 e. The zero-order valence-corrected chi connectivity index (χ0v) is 44.6. The third kappa shape index (κ3) is 8.44. The Balaban J connectivity index is 0.906. The van der Waals surface area contributed by atoms with Gasteiger partial charge in [-0.3, -0.25) is 0 Å². The van der Waals surface area contributed by atoms with Crippen molar-refractivity contribution in [1.29, 1.82) is 0 Å². The lowest BCUT2D eigenvalue weighted by Gasteiger charge is -2.75. The minimum atomic E-state index is -1.90. The predicted octanol–water partition coefficient (Wildman–Crippen LogP) is -2.19. The second-order valence-corrected chi connectivity index (χ2v) is 26.3. The van der Waals surface area contributed by atoms with E-state index in [0.29, 0.717) is 44.9 Å². The summed E-state index contributed by atoms with van der Waals surface area (Å²) in [7, 11) is 0. The van der Waals surface area contributed by atoms with Crippen molar-refractivity contribution >= 4 is 6.29 Å². The van der Waals surface area contributed by atoms with Crippen LogP contribution in [0, 0.1) is 50.2 Å². The van der Waals surface area contributed by atoms with Crippen molar-refractivity contribution in [3.63, 3.8) is 0 Å². The smallest absolute Gasteiger partial charge is 0.187 e. The Bertz CT molecular complexity index is 2090. The fourth-order valence-electron chi connectivity index (χ4n) is 17.7. The van der Waals surface area contributed by atoms with E-state index >= 15 is 0 Å². The molecule has 10 fully saturated rings. The average Bonchev–Trinajstić information content (AvgIpc) is 3.83. The zero-order valence-electron chi connectivity index (χ0n) is 44.6. The summed E-state index contributed by atoms with van der Waals surface area (Å²) in [5.74, 6) is 0.0326. The van der Waals surface area contributed by atoms with Crippen LogP contribution in [0.4, 0.5) is 0 Å². The average molecular weight is 1090 g/mol. The van der Waals surface area contributed by atoms with E-state index in [1.54, 1.807) is 0 Å². The van der Waals surface area contributed by atoms with E-state index in [2.05, 4.69) is 34.6 Å². The van der Waals surface area contributed by atoms with E-state index < -0.39 is 182 Å². The second kappa shape index (κ2) is 20.3. The molecule has 0 amide bonds. The van der Waals surface area contributed by atoms with E-state index in [1.807, 2.05) is 6.92 Å². The van der Waals surface area contributed by atoms with Gasteiger partial charge in [0.05, 0.1) is 49.1 Å². The van der Waals surface area contributed by atoms with Crippen LogP contribution in [-0.2, 0) is 47.4 Å². The molecule has 76 heavy (non-hydrogen) atoms. The van der Waals surface area contributed by atoms with Crippen LogP contribution in [0.25, 0.3) is 0 Å². The van der Waals surface area contributed by atoms with Crippen molar-refractivity contribution in [2.24, 2.45) is 50.2 Å². The summed E-state index contributed by atoms with van der Waals surface area (Å²) < 4.78 is 55.9. The first kappa shape index (κ1) is 58.0. The minimum absolute atomic E-state index is 0.0697. The Kier molecular flexibility index (Phi) is 15.5. The first-order chi connectivity index (χ1) is 35.6. The van der Waals surface area contributed by atoms with E-state index in [1.165, 1.54) is 6.92 Å². The van der Waals surface area contributed by atoms with Gasteiger partial charge in [-0.1, -0.05) is 41.5 Å². The highest BCUT2D eigenvalue weighted by atomic mass is 16.8.